The summed E-state index contributed by atoms with van der Waals surface area (Å²) in [4.78, 5) is 26.6. The van der Waals surface area contributed by atoms with E-state index < -0.39 is 0 Å². The molecular weight excluding hydrogens is 370 g/mol. The van der Waals surface area contributed by atoms with Crippen LogP contribution in [0.5, 0.6) is 0 Å². The van der Waals surface area contributed by atoms with Crippen molar-refractivity contribution in [3.63, 3.8) is 0 Å². The molecule has 140 valence electrons. The molecule has 0 fully saturated rings. The highest BCUT2D eigenvalue weighted by atomic mass is 32.1. The van der Waals surface area contributed by atoms with E-state index >= 15 is 0 Å². The van der Waals surface area contributed by atoms with Crippen LogP contribution in [-0.4, -0.2) is 16.1 Å². The van der Waals surface area contributed by atoms with Gasteiger partial charge in [-0.2, -0.15) is 0 Å². The zero-order valence-corrected chi connectivity index (χ0v) is 16.1. The van der Waals surface area contributed by atoms with E-state index in [1.807, 2.05) is 47.8 Å². The average Bonchev–Trinajstić information content (AvgIpc) is 3.34. The second kappa shape index (κ2) is 7.32. The van der Waals surface area contributed by atoms with Gasteiger partial charge in [0.25, 0.3) is 5.91 Å². The van der Waals surface area contributed by atoms with E-state index in [0.717, 1.165) is 6.42 Å². The summed E-state index contributed by atoms with van der Waals surface area (Å²) in [5.74, 6) is -0.532. The van der Waals surface area contributed by atoms with Crippen molar-refractivity contribution in [2.75, 3.05) is 11.1 Å². The number of fused-ring (bicyclic) bond motifs is 1. The van der Waals surface area contributed by atoms with Crippen LogP contribution in [-0.2, 0) is 6.42 Å². The number of amides is 1. The maximum atomic E-state index is 13.0. The molecule has 1 amide bonds. The fourth-order valence-corrected chi connectivity index (χ4v) is 3.90. The van der Waals surface area contributed by atoms with Crippen LogP contribution >= 0.6 is 11.3 Å². The first-order chi connectivity index (χ1) is 13.6. The molecule has 0 saturated heterocycles. The summed E-state index contributed by atoms with van der Waals surface area (Å²) in [5, 5.41) is 4.73. The normalized spacial score (nSPS) is 10.9. The van der Waals surface area contributed by atoms with Gasteiger partial charge in [-0.3, -0.25) is 9.59 Å². The highest BCUT2D eigenvalue weighted by molar-refractivity contribution is 7.12. The fraction of sp³-hybridized carbons (Fsp3) is 0.0909. The highest BCUT2D eigenvalue weighted by Gasteiger charge is 2.26. The van der Waals surface area contributed by atoms with Crippen molar-refractivity contribution in [1.29, 1.82) is 0 Å². The monoisotopic (exact) mass is 389 g/mol. The predicted octanol–water partition coefficient (Wildman–Crippen LogP) is 4.63. The Hall–Kier alpha value is -3.38. The molecule has 0 spiro atoms. The minimum Gasteiger partial charge on any atom is -0.396 e. The van der Waals surface area contributed by atoms with Crippen LogP contribution in [0.15, 0.2) is 66.2 Å². The van der Waals surface area contributed by atoms with E-state index in [4.69, 9.17) is 5.73 Å². The lowest BCUT2D eigenvalue weighted by Crippen LogP contribution is -2.14. The molecule has 28 heavy (non-hydrogen) atoms. The van der Waals surface area contributed by atoms with Gasteiger partial charge in [-0.1, -0.05) is 31.2 Å². The molecule has 0 bridgehead atoms. The molecular formula is C22H19N3O2S. The van der Waals surface area contributed by atoms with Gasteiger partial charge in [0.15, 0.2) is 0 Å². The van der Waals surface area contributed by atoms with Crippen LogP contribution in [0.2, 0.25) is 0 Å². The number of hydrogen-bond acceptors (Lipinski definition) is 4. The molecule has 6 heteroatoms. The first-order valence-corrected chi connectivity index (χ1v) is 9.85. The summed E-state index contributed by atoms with van der Waals surface area (Å²) in [6.45, 7) is 2.08. The van der Waals surface area contributed by atoms with E-state index in [2.05, 4.69) is 12.2 Å². The molecule has 4 rings (SSSR count). The molecule has 3 aromatic heterocycles. The van der Waals surface area contributed by atoms with Crippen molar-refractivity contribution in [2.45, 2.75) is 13.3 Å². The number of ketones is 1. The fourth-order valence-electron chi connectivity index (χ4n) is 3.24. The Morgan fingerprint density at radius 2 is 1.86 bits per heavy atom. The number of rotatable bonds is 5. The second-order valence-electron chi connectivity index (χ2n) is 6.40. The van der Waals surface area contributed by atoms with E-state index in [1.165, 1.54) is 16.9 Å². The number of aromatic nitrogens is 1. The van der Waals surface area contributed by atoms with Gasteiger partial charge in [-0.25, -0.2) is 0 Å². The van der Waals surface area contributed by atoms with Crippen molar-refractivity contribution >= 4 is 39.9 Å². The Morgan fingerprint density at radius 3 is 2.54 bits per heavy atom. The number of hydrogen-bond donors (Lipinski definition) is 2. The third-order valence-corrected chi connectivity index (χ3v) is 5.56. The number of thiophene rings is 1. The summed E-state index contributed by atoms with van der Waals surface area (Å²) in [7, 11) is 0. The summed E-state index contributed by atoms with van der Waals surface area (Å²) < 4.78 is 1.69. The molecule has 0 saturated carbocycles. The van der Waals surface area contributed by atoms with Gasteiger partial charge >= 0.3 is 0 Å². The average molecular weight is 389 g/mol. The molecule has 5 nitrogen and oxygen atoms in total. The first kappa shape index (κ1) is 18.0. The van der Waals surface area contributed by atoms with Gasteiger partial charge in [-0.05, 0) is 47.7 Å². The Balaban J connectivity index is 1.77. The molecule has 1 aromatic carbocycles. The molecule has 0 aliphatic rings. The van der Waals surface area contributed by atoms with Crippen molar-refractivity contribution in [2.24, 2.45) is 0 Å². The number of nitrogens with one attached hydrogen (secondary N) is 1. The van der Waals surface area contributed by atoms with Crippen LogP contribution < -0.4 is 11.1 Å². The SMILES string of the molecule is CCc1ccc(NC(=O)c2c(N)c(C(=O)c3cccs3)n3ccccc23)cc1. The lowest BCUT2D eigenvalue weighted by Gasteiger charge is -2.06. The molecule has 0 aliphatic carbocycles. The third kappa shape index (κ3) is 3.08. The summed E-state index contributed by atoms with van der Waals surface area (Å²) in [5.41, 5.74) is 9.60. The third-order valence-electron chi connectivity index (χ3n) is 4.69. The predicted molar refractivity (Wildman–Crippen MR) is 113 cm³/mol. The van der Waals surface area contributed by atoms with Crippen molar-refractivity contribution < 1.29 is 9.59 Å². The zero-order chi connectivity index (χ0) is 19.7. The molecule has 0 aliphatic heterocycles. The maximum Gasteiger partial charge on any atom is 0.259 e. The van der Waals surface area contributed by atoms with Gasteiger partial charge in [0.05, 0.1) is 21.6 Å². The van der Waals surface area contributed by atoms with Crippen molar-refractivity contribution in [3.05, 3.63) is 87.9 Å². The van der Waals surface area contributed by atoms with Gasteiger partial charge < -0.3 is 15.5 Å². The Morgan fingerprint density at radius 1 is 1.07 bits per heavy atom. The number of nitrogen functional groups attached to an aromatic ring is 1. The number of nitrogens with zero attached hydrogens (tertiary/aromatic N) is 1. The number of anilines is 2. The summed E-state index contributed by atoms with van der Waals surface area (Å²) in [6.07, 6.45) is 2.68. The minimum absolute atomic E-state index is 0.187. The van der Waals surface area contributed by atoms with E-state index in [-0.39, 0.29) is 17.4 Å². The Labute approximate surface area is 166 Å². The smallest absolute Gasteiger partial charge is 0.259 e. The molecule has 0 atom stereocenters. The topological polar surface area (TPSA) is 76.6 Å². The summed E-state index contributed by atoms with van der Waals surface area (Å²) >= 11 is 1.35. The number of pyridine rings is 1. The molecule has 0 radical (unpaired) electrons. The molecule has 0 unspecified atom stereocenters. The number of carbonyl (C=O) groups excluding carboxylic acids is 2. The lowest BCUT2D eigenvalue weighted by atomic mass is 10.1. The Bertz CT molecular complexity index is 1160. The maximum absolute atomic E-state index is 13.0. The second-order valence-corrected chi connectivity index (χ2v) is 7.35. The van der Waals surface area contributed by atoms with Crippen molar-refractivity contribution in [3.8, 4) is 0 Å². The van der Waals surface area contributed by atoms with Crippen LogP contribution in [0.25, 0.3) is 5.52 Å². The van der Waals surface area contributed by atoms with Crippen LogP contribution in [0.1, 0.15) is 38.2 Å². The molecule has 3 heterocycles. The van der Waals surface area contributed by atoms with E-state index in [0.29, 0.717) is 27.3 Å². The van der Waals surface area contributed by atoms with Crippen LogP contribution in [0.4, 0.5) is 11.4 Å². The number of benzene rings is 1. The van der Waals surface area contributed by atoms with Crippen LogP contribution in [0, 0.1) is 0 Å². The number of carbonyl (C=O) groups is 2. The van der Waals surface area contributed by atoms with Gasteiger partial charge in [-0.15, -0.1) is 11.3 Å². The summed E-state index contributed by atoms with van der Waals surface area (Å²) in [6, 6.07) is 16.7. The quantitative estimate of drug-likeness (QED) is 0.489. The van der Waals surface area contributed by atoms with Gasteiger partial charge in [0, 0.05) is 11.9 Å². The number of nitrogens with two attached hydrogens (primary N) is 1. The Kier molecular flexibility index (Phi) is 4.71. The van der Waals surface area contributed by atoms with E-state index in [9.17, 15) is 9.59 Å². The lowest BCUT2D eigenvalue weighted by molar-refractivity contribution is 0.102. The largest absolute Gasteiger partial charge is 0.396 e. The van der Waals surface area contributed by atoms with E-state index in [1.54, 1.807) is 22.7 Å². The zero-order valence-electron chi connectivity index (χ0n) is 15.3. The van der Waals surface area contributed by atoms with Crippen molar-refractivity contribution in [1.82, 2.24) is 4.40 Å². The molecule has 3 N–H and O–H groups in total. The van der Waals surface area contributed by atoms with Gasteiger partial charge in [0.2, 0.25) is 5.78 Å². The molecule has 4 aromatic rings. The standard InChI is InChI=1S/C22H19N3O2S/c1-2-14-8-10-15(11-9-14)24-22(27)18-16-6-3-4-12-25(16)20(19(18)23)21(26)17-7-5-13-28-17/h3-13H,2,23H2,1H3,(H,24,27). The van der Waals surface area contributed by atoms with Crippen LogP contribution in [0.3, 0.4) is 0 Å². The van der Waals surface area contributed by atoms with Gasteiger partial charge in [0.1, 0.15) is 5.69 Å². The number of aryl methyl sites for hydroxylation is 1. The minimum atomic E-state index is -0.337. The highest BCUT2D eigenvalue weighted by Crippen LogP contribution is 2.30. The first-order valence-electron chi connectivity index (χ1n) is 8.97.